The van der Waals surface area contributed by atoms with Gasteiger partial charge >= 0.3 is 0 Å². The second-order valence-corrected chi connectivity index (χ2v) is 8.32. The number of carbonyl (C=O) groups excluding carboxylic acids is 2. The molecule has 0 bridgehead atoms. The van der Waals surface area contributed by atoms with Crippen LogP contribution in [-0.4, -0.2) is 10.2 Å². The molecule has 2 aromatic carbocycles. The van der Waals surface area contributed by atoms with Gasteiger partial charge in [-0.3, -0.25) is 9.59 Å². The number of carbonyl (C=O) groups is 2. The van der Waals surface area contributed by atoms with E-state index in [1.54, 1.807) is 24.3 Å². The van der Waals surface area contributed by atoms with Crippen LogP contribution in [0.3, 0.4) is 0 Å². The predicted octanol–water partition coefficient (Wildman–Crippen LogP) is 5.26. The smallest absolute Gasteiger partial charge is 0.230 e. The van der Waals surface area contributed by atoms with Gasteiger partial charge in [-0.2, -0.15) is 0 Å². The van der Waals surface area contributed by atoms with E-state index >= 15 is 0 Å². The molecule has 0 aliphatic heterocycles. The molecule has 0 fully saturated rings. The molecule has 0 saturated heterocycles. The van der Waals surface area contributed by atoms with Gasteiger partial charge in [0.25, 0.3) is 0 Å². The fraction of sp³-hybridized carbons (Fsp3) is 0. The van der Waals surface area contributed by atoms with Gasteiger partial charge in [0.05, 0.1) is 0 Å². The van der Waals surface area contributed by atoms with Crippen LogP contribution < -0.4 is 0 Å². The van der Waals surface area contributed by atoms with Gasteiger partial charge in [-0.25, -0.2) is 0 Å². The maximum atomic E-state index is 11.9. The molecule has 2 aromatic rings. The van der Waals surface area contributed by atoms with Gasteiger partial charge < -0.3 is 0 Å². The molecule has 0 unspecified atom stereocenters. The molecular weight excluding hydrogens is 518 g/mol. The Labute approximate surface area is 152 Å². The lowest BCUT2D eigenvalue weighted by atomic mass is 10.2. The maximum Gasteiger partial charge on any atom is 0.230 e. The topological polar surface area (TPSA) is 34.1 Å². The summed E-state index contributed by atoms with van der Waals surface area (Å²) in [6.45, 7) is 0. The second-order valence-electron chi connectivity index (χ2n) is 3.76. The van der Waals surface area contributed by atoms with Crippen LogP contribution in [0.15, 0.2) is 48.5 Å². The second kappa shape index (κ2) is 7.81. The Kier molecular flexibility index (Phi) is 6.37. The number of benzene rings is 2. The Morgan fingerprint density at radius 3 is 1.25 bits per heavy atom. The molecule has 2 nitrogen and oxygen atoms in total. The van der Waals surface area contributed by atoms with E-state index in [0.29, 0.717) is 11.1 Å². The summed E-state index contributed by atoms with van der Waals surface area (Å²) in [7, 11) is 1.93. The van der Waals surface area contributed by atoms with E-state index in [9.17, 15) is 9.59 Å². The van der Waals surface area contributed by atoms with Crippen LogP contribution in [0.25, 0.3) is 0 Å². The van der Waals surface area contributed by atoms with Crippen molar-refractivity contribution in [2.75, 3.05) is 0 Å². The predicted molar refractivity (Wildman–Crippen MR) is 102 cm³/mol. The van der Waals surface area contributed by atoms with E-state index in [1.165, 1.54) is 0 Å². The van der Waals surface area contributed by atoms with Crippen LogP contribution in [-0.2, 0) is 0 Å². The van der Waals surface area contributed by atoms with Gasteiger partial charge in [-0.05, 0) is 115 Å². The number of hydrogen-bond acceptors (Lipinski definition) is 4. The Balaban J connectivity index is 1.94. The van der Waals surface area contributed by atoms with E-state index in [-0.39, 0.29) is 10.2 Å². The fourth-order valence-corrected chi connectivity index (χ4v) is 3.71. The van der Waals surface area contributed by atoms with Crippen LogP contribution in [0.4, 0.5) is 0 Å². The van der Waals surface area contributed by atoms with Crippen LogP contribution in [0.1, 0.15) is 20.7 Å². The minimum atomic E-state index is -0.106. The summed E-state index contributed by atoms with van der Waals surface area (Å²) in [5, 5.41) is -0.212. The van der Waals surface area contributed by atoms with Crippen molar-refractivity contribution in [3.63, 3.8) is 0 Å². The fourth-order valence-electron chi connectivity index (χ4n) is 1.34. The lowest BCUT2D eigenvalue weighted by Crippen LogP contribution is -1.95. The summed E-state index contributed by atoms with van der Waals surface area (Å²) in [4.78, 5) is 23.9. The van der Waals surface area contributed by atoms with Crippen LogP contribution in [0.5, 0.6) is 0 Å². The third-order valence-electron chi connectivity index (χ3n) is 2.35. The van der Waals surface area contributed by atoms with Crippen molar-refractivity contribution >= 4 is 77.0 Å². The van der Waals surface area contributed by atoms with Gasteiger partial charge in [-0.15, -0.1) is 0 Å². The van der Waals surface area contributed by atoms with Crippen molar-refractivity contribution in [2.24, 2.45) is 0 Å². The average Bonchev–Trinajstić information content (AvgIpc) is 2.46. The quantitative estimate of drug-likeness (QED) is 0.396. The number of rotatable bonds is 2. The first-order valence-corrected chi connectivity index (χ1v) is 9.81. The SMILES string of the molecule is O=C(SSC(=O)c1ccc(I)cc1)c1ccc(I)cc1. The first-order chi connectivity index (χ1) is 9.56. The van der Waals surface area contributed by atoms with Gasteiger partial charge in [0, 0.05) is 18.3 Å². The molecule has 0 heterocycles. The third-order valence-corrected chi connectivity index (χ3v) is 5.81. The molecule has 0 aromatic heterocycles. The molecule has 2 rings (SSSR count). The van der Waals surface area contributed by atoms with Gasteiger partial charge in [0.1, 0.15) is 0 Å². The Morgan fingerprint density at radius 2 is 0.950 bits per heavy atom. The van der Waals surface area contributed by atoms with Crippen molar-refractivity contribution in [1.29, 1.82) is 0 Å². The minimum absolute atomic E-state index is 0.106. The van der Waals surface area contributed by atoms with Crippen molar-refractivity contribution < 1.29 is 9.59 Å². The zero-order valence-electron chi connectivity index (χ0n) is 10.0. The van der Waals surface area contributed by atoms with E-state index < -0.39 is 0 Å². The average molecular weight is 526 g/mol. The van der Waals surface area contributed by atoms with Crippen molar-refractivity contribution in [3.8, 4) is 0 Å². The monoisotopic (exact) mass is 526 g/mol. The van der Waals surface area contributed by atoms with Crippen molar-refractivity contribution in [2.45, 2.75) is 0 Å². The van der Waals surface area contributed by atoms with Crippen molar-refractivity contribution in [3.05, 3.63) is 66.8 Å². The molecule has 20 heavy (non-hydrogen) atoms. The largest absolute Gasteiger partial charge is 0.281 e. The first-order valence-electron chi connectivity index (χ1n) is 5.50. The standard InChI is InChI=1S/C14H8I2O2S2/c15-11-5-1-9(2-6-11)13(17)19-20-14(18)10-3-7-12(16)8-4-10/h1-8H. The summed E-state index contributed by atoms with van der Waals surface area (Å²) in [5.41, 5.74) is 1.22. The number of halogens is 2. The van der Waals surface area contributed by atoms with Gasteiger partial charge in [0.2, 0.25) is 10.2 Å². The highest BCUT2D eigenvalue weighted by molar-refractivity contribution is 14.1. The zero-order chi connectivity index (χ0) is 14.5. The summed E-state index contributed by atoms with van der Waals surface area (Å²) in [5.74, 6) is 0. The van der Waals surface area contributed by atoms with Gasteiger partial charge in [0.15, 0.2) is 0 Å². The van der Waals surface area contributed by atoms with E-state index in [4.69, 9.17) is 0 Å². The molecule has 0 amide bonds. The first kappa shape index (κ1) is 16.3. The zero-order valence-corrected chi connectivity index (χ0v) is 16.0. The highest BCUT2D eigenvalue weighted by atomic mass is 127. The van der Waals surface area contributed by atoms with E-state index in [0.717, 1.165) is 28.7 Å². The Bertz CT molecular complexity index is 567. The Morgan fingerprint density at radius 1 is 0.650 bits per heavy atom. The van der Waals surface area contributed by atoms with Crippen LogP contribution in [0.2, 0.25) is 0 Å². The molecular formula is C14H8I2O2S2. The summed E-state index contributed by atoms with van der Waals surface area (Å²) in [6, 6.07) is 14.6. The van der Waals surface area contributed by atoms with E-state index in [1.807, 2.05) is 24.3 Å². The number of hydrogen-bond donors (Lipinski definition) is 0. The molecule has 0 aliphatic rings. The highest BCUT2D eigenvalue weighted by Gasteiger charge is 2.12. The lowest BCUT2D eigenvalue weighted by Gasteiger charge is -2.01. The molecule has 0 radical (unpaired) electrons. The Hall–Kier alpha value is -0.0600. The molecule has 0 spiro atoms. The van der Waals surface area contributed by atoms with E-state index in [2.05, 4.69) is 45.2 Å². The summed E-state index contributed by atoms with van der Waals surface area (Å²) < 4.78 is 2.15. The summed E-state index contributed by atoms with van der Waals surface area (Å²) in [6.07, 6.45) is 0. The molecule has 102 valence electrons. The molecule has 6 heteroatoms. The summed E-state index contributed by atoms with van der Waals surface area (Å²) >= 11 is 4.37. The highest BCUT2D eigenvalue weighted by Crippen LogP contribution is 2.29. The van der Waals surface area contributed by atoms with Gasteiger partial charge in [-0.1, -0.05) is 0 Å². The molecule has 0 saturated carbocycles. The maximum absolute atomic E-state index is 11.9. The molecule has 0 N–H and O–H groups in total. The lowest BCUT2D eigenvalue weighted by molar-refractivity contribution is 0.107. The molecule has 0 aliphatic carbocycles. The van der Waals surface area contributed by atoms with Crippen LogP contribution in [0, 0.1) is 7.14 Å². The minimum Gasteiger partial charge on any atom is -0.281 e. The normalized spacial score (nSPS) is 10.3. The molecule has 0 atom stereocenters. The van der Waals surface area contributed by atoms with Crippen molar-refractivity contribution in [1.82, 2.24) is 0 Å². The van der Waals surface area contributed by atoms with Crippen LogP contribution >= 0.6 is 66.8 Å². The third kappa shape index (κ3) is 4.74.